The van der Waals surface area contributed by atoms with Crippen LogP contribution in [0.1, 0.15) is 33.0 Å². The van der Waals surface area contributed by atoms with E-state index < -0.39 is 43.2 Å². The monoisotopic (exact) mass is 526 g/mol. The molecule has 2 N–H and O–H groups in total. The van der Waals surface area contributed by atoms with Gasteiger partial charge >= 0.3 is 12.4 Å². The van der Waals surface area contributed by atoms with Gasteiger partial charge in [0.15, 0.2) is 0 Å². The molecule has 0 aliphatic rings. The topological polar surface area (TPSA) is 58.2 Å². The van der Waals surface area contributed by atoms with E-state index >= 15 is 0 Å². The SMILES string of the molecule is Cc1cc(/C=C/C(c2cc(Cl)cc(Cl)c2)C(F)(F)F)ccc1C(=O)NCC(=O)NCC(F)(F)F. The first kappa shape index (κ1) is 27.5. The minimum atomic E-state index is -4.62. The fourth-order valence-corrected chi connectivity index (χ4v) is 3.48. The number of aryl methyl sites for hydroxylation is 1. The van der Waals surface area contributed by atoms with Crippen LogP contribution in [0, 0.1) is 6.92 Å². The maximum Gasteiger partial charge on any atom is 0.405 e. The molecule has 2 rings (SSSR count). The summed E-state index contributed by atoms with van der Waals surface area (Å²) in [6.45, 7) is -0.679. The molecule has 1 atom stereocenters. The van der Waals surface area contributed by atoms with Crippen molar-refractivity contribution >= 4 is 41.1 Å². The number of amides is 2. The normalized spacial score (nSPS) is 13.1. The van der Waals surface area contributed by atoms with Crippen LogP contribution in [0.2, 0.25) is 10.0 Å². The predicted octanol–water partition coefficient (Wildman–Crippen LogP) is 6.07. The summed E-state index contributed by atoms with van der Waals surface area (Å²) < 4.78 is 77.1. The lowest BCUT2D eigenvalue weighted by Gasteiger charge is -2.18. The van der Waals surface area contributed by atoms with Crippen molar-refractivity contribution in [3.8, 4) is 0 Å². The highest BCUT2D eigenvalue weighted by molar-refractivity contribution is 6.34. The smallest absolute Gasteiger partial charge is 0.345 e. The van der Waals surface area contributed by atoms with Crippen LogP contribution in [0.25, 0.3) is 6.08 Å². The summed E-state index contributed by atoms with van der Waals surface area (Å²) in [7, 11) is 0. The third-order valence-electron chi connectivity index (χ3n) is 4.47. The molecular formula is C22H18Cl2F6N2O2. The van der Waals surface area contributed by atoms with Gasteiger partial charge in [0.25, 0.3) is 5.91 Å². The Morgan fingerprint density at radius 3 is 2.12 bits per heavy atom. The van der Waals surface area contributed by atoms with E-state index in [2.05, 4.69) is 5.32 Å². The van der Waals surface area contributed by atoms with Crippen LogP contribution in [0.3, 0.4) is 0 Å². The number of allylic oxidation sites excluding steroid dienone is 1. The van der Waals surface area contributed by atoms with E-state index in [-0.39, 0.29) is 21.2 Å². The van der Waals surface area contributed by atoms with Crippen LogP contribution in [0.5, 0.6) is 0 Å². The Morgan fingerprint density at radius 2 is 1.59 bits per heavy atom. The molecule has 2 amide bonds. The minimum Gasteiger partial charge on any atom is -0.345 e. The predicted molar refractivity (Wildman–Crippen MR) is 117 cm³/mol. The van der Waals surface area contributed by atoms with Crippen LogP contribution in [-0.4, -0.2) is 37.3 Å². The highest BCUT2D eigenvalue weighted by atomic mass is 35.5. The van der Waals surface area contributed by atoms with E-state index in [1.54, 1.807) is 5.32 Å². The Labute approximate surface area is 200 Å². The molecule has 0 saturated carbocycles. The first-order valence-corrected chi connectivity index (χ1v) is 10.3. The van der Waals surface area contributed by atoms with Crippen molar-refractivity contribution in [1.29, 1.82) is 0 Å². The number of benzene rings is 2. The van der Waals surface area contributed by atoms with Crippen LogP contribution >= 0.6 is 23.2 Å². The molecule has 184 valence electrons. The van der Waals surface area contributed by atoms with Gasteiger partial charge < -0.3 is 10.6 Å². The van der Waals surface area contributed by atoms with Crippen molar-refractivity contribution in [2.75, 3.05) is 13.1 Å². The second-order valence-electron chi connectivity index (χ2n) is 7.23. The molecule has 2 aromatic carbocycles. The van der Waals surface area contributed by atoms with Crippen molar-refractivity contribution < 1.29 is 35.9 Å². The third kappa shape index (κ3) is 8.57. The lowest BCUT2D eigenvalue weighted by atomic mass is 9.96. The van der Waals surface area contributed by atoms with Gasteiger partial charge in [-0.15, -0.1) is 0 Å². The second kappa shape index (κ2) is 11.1. The van der Waals surface area contributed by atoms with Gasteiger partial charge in [-0.1, -0.05) is 47.5 Å². The van der Waals surface area contributed by atoms with E-state index in [1.807, 2.05) is 0 Å². The summed E-state index contributed by atoms with van der Waals surface area (Å²) in [5.41, 5.74) is 0.705. The van der Waals surface area contributed by atoms with Crippen molar-refractivity contribution in [3.63, 3.8) is 0 Å². The molecule has 0 fully saturated rings. The summed E-state index contributed by atoms with van der Waals surface area (Å²) in [6, 6.07) is 7.82. The van der Waals surface area contributed by atoms with Crippen molar-refractivity contribution in [1.82, 2.24) is 10.6 Å². The van der Waals surface area contributed by atoms with Gasteiger partial charge in [0.2, 0.25) is 5.91 Å². The molecule has 2 aromatic rings. The summed E-state index contributed by atoms with van der Waals surface area (Å²) in [5.74, 6) is -3.73. The molecule has 34 heavy (non-hydrogen) atoms. The largest absolute Gasteiger partial charge is 0.405 e. The van der Waals surface area contributed by atoms with Gasteiger partial charge in [-0.25, -0.2) is 0 Å². The molecule has 12 heteroatoms. The van der Waals surface area contributed by atoms with Crippen LogP contribution in [0.15, 0.2) is 42.5 Å². The molecule has 0 aromatic heterocycles. The fraction of sp³-hybridized carbons (Fsp3) is 0.273. The maximum atomic E-state index is 13.6. The lowest BCUT2D eigenvalue weighted by molar-refractivity contribution is -0.139. The molecule has 0 saturated heterocycles. The van der Waals surface area contributed by atoms with E-state index in [1.165, 1.54) is 49.4 Å². The minimum absolute atomic E-state index is 0.0587. The van der Waals surface area contributed by atoms with Crippen molar-refractivity contribution in [2.24, 2.45) is 0 Å². The van der Waals surface area contributed by atoms with E-state index in [0.29, 0.717) is 11.1 Å². The number of nitrogens with one attached hydrogen (secondary N) is 2. The molecule has 0 aliphatic heterocycles. The van der Waals surface area contributed by atoms with E-state index in [4.69, 9.17) is 23.2 Å². The average Bonchev–Trinajstić information content (AvgIpc) is 2.68. The molecule has 4 nitrogen and oxygen atoms in total. The van der Waals surface area contributed by atoms with Crippen LogP contribution in [0.4, 0.5) is 26.3 Å². The molecule has 0 bridgehead atoms. The summed E-state index contributed by atoms with van der Waals surface area (Å²) in [5, 5.41) is 3.92. The Hall–Kier alpha value is -2.72. The lowest BCUT2D eigenvalue weighted by Crippen LogP contribution is -2.41. The quantitative estimate of drug-likeness (QED) is 0.430. The van der Waals surface area contributed by atoms with Gasteiger partial charge in [-0.2, -0.15) is 26.3 Å². The number of halogens is 8. The molecule has 0 heterocycles. The van der Waals surface area contributed by atoms with Gasteiger partial charge in [0.1, 0.15) is 6.54 Å². The Kier molecular flexibility index (Phi) is 9.02. The molecule has 0 radical (unpaired) electrons. The molecule has 1 unspecified atom stereocenters. The average molecular weight is 527 g/mol. The molecule has 0 spiro atoms. The Bertz CT molecular complexity index is 1060. The third-order valence-corrected chi connectivity index (χ3v) is 4.90. The standard InChI is InChI=1S/C22H18Cl2F6N2O2/c1-12-6-13(2-4-17(12)20(34)31-10-19(33)32-11-21(25,26)27)3-5-18(22(28,29)30)14-7-15(23)9-16(24)8-14/h2-9,18H,10-11H2,1H3,(H,31,34)(H,32,33)/b5-3+. The summed E-state index contributed by atoms with van der Waals surface area (Å²) in [6.07, 6.45) is -7.04. The zero-order valence-corrected chi connectivity index (χ0v) is 19.0. The zero-order chi connectivity index (χ0) is 25.7. The maximum absolute atomic E-state index is 13.6. The number of rotatable bonds is 7. The molecule has 0 aliphatic carbocycles. The van der Waals surface area contributed by atoms with Crippen molar-refractivity contribution in [3.05, 3.63) is 74.8 Å². The second-order valence-corrected chi connectivity index (χ2v) is 8.10. The van der Waals surface area contributed by atoms with Crippen molar-refractivity contribution in [2.45, 2.75) is 25.2 Å². The zero-order valence-electron chi connectivity index (χ0n) is 17.5. The number of hydrogen-bond donors (Lipinski definition) is 2. The highest BCUT2D eigenvalue weighted by Gasteiger charge is 2.39. The van der Waals surface area contributed by atoms with E-state index in [0.717, 1.165) is 6.08 Å². The number of carbonyl (C=O) groups excluding carboxylic acids is 2. The van der Waals surface area contributed by atoms with Gasteiger partial charge in [-0.3, -0.25) is 9.59 Å². The fourth-order valence-electron chi connectivity index (χ4n) is 2.93. The summed E-state index contributed by atoms with van der Waals surface area (Å²) in [4.78, 5) is 23.6. The number of alkyl halides is 6. The summed E-state index contributed by atoms with van der Waals surface area (Å²) >= 11 is 11.6. The van der Waals surface area contributed by atoms with Crippen LogP contribution in [-0.2, 0) is 4.79 Å². The Morgan fingerprint density at radius 1 is 0.971 bits per heavy atom. The van der Waals surface area contributed by atoms with Gasteiger partial charge in [0, 0.05) is 15.6 Å². The Balaban J connectivity index is 2.12. The van der Waals surface area contributed by atoms with E-state index in [9.17, 15) is 35.9 Å². The number of hydrogen-bond acceptors (Lipinski definition) is 2. The van der Waals surface area contributed by atoms with Gasteiger partial charge in [0.05, 0.1) is 12.5 Å². The first-order chi connectivity index (χ1) is 15.7. The molecular weight excluding hydrogens is 509 g/mol. The first-order valence-electron chi connectivity index (χ1n) is 9.59. The highest BCUT2D eigenvalue weighted by Crippen LogP contribution is 2.38. The van der Waals surface area contributed by atoms with Crippen LogP contribution < -0.4 is 10.6 Å². The number of carbonyl (C=O) groups is 2. The van der Waals surface area contributed by atoms with Gasteiger partial charge in [-0.05, 0) is 47.9 Å².